The van der Waals surface area contributed by atoms with Crippen molar-refractivity contribution in [1.29, 1.82) is 0 Å². The number of aryl methyl sites for hydroxylation is 2. The van der Waals surface area contributed by atoms with E-state index in [0.717, 1.165) is 11.4 Å². The molecule has 156 valence electrons. The van der Waals surface area contributed by atoms with Gasteiger partial charge in [0, 0.05) is 17.4 Å². The summed E-state index contributed by atoms with van der Waals surface area (Å²) in [5.41, 5.74) is 3.97. The van der Waals surface area contributed by atoms with Gasteiger partial charge in [0.2, 0.25) is 0 Å². The lowest BCUT2D eigenvalue weighted by molar-refractivity contribution is 0.412. The first-order valence-corrected chi connectivity index (χ1v) is 10.2. The lowest BCUT2D eigenvalue weighted by atomic mass is 10.2. The van der Waals surface area contributed by atoms with Crippen LogP contribution in [0.1, 0.15) is 11.4 Å². The van der Waals surface area contributed by atoms with Gasteiger partial charge in [0.15, 0.2) is 5.11 Å². The van der Waals surface area contributed by atoms with E-state index in [4.69, 9.17) is 17.0 Å². The van der Waals surface area contributed by atoms with Crippen LogP contribution >= 0.6 is 12.2 Å². The molecule has 7 heteroatoms. The van der Waals surface area contributed by atoms with Crippen LogP contribution in [-0.2, 0) is 0 Å². The van der Waals surface area contributed by atoms with Crippen molar-refractivity contribution in [2.45, 2.75) is 13.8 Å². The van der Waals surface area contributed by atoms with Gasteiger partial charge < -0.3 is 15.4 Å². The van der Waals surface area contributed by atoms with Crippen LogP contribution in [0.3, 0.4) is 0 Å². The van der Waals surface area contributed by atoms with Crippen molar-refractivity contribution in [2.24, 2.45) is 0 Å². The van der Waals surface area contributed by atoms with Crippen LogP contribution in [0.15, 0.2) is 71.5 Å². The van der Waals surface area contributed by atoms with Gasteiger partial charge in [-0.25, -0.2) is 4.98 Å². The summed E-state index contributed by atoms with van der Waals surface area (Å²) in [6.07, 6.45) is 0. The van der Waals surface area contributed by atoms with E-state index in [1.165, 1.54) is 5.56 Å². The molecule has 1 heterocycles. The Morgan fingerprint density at radius 3 is 2.39 bits per heavy atom. The number of methoxy groups -OCH3 is 1. The topological polar surface area (TPSA) is 68.2 Å². The number of thiocarbonyl (C=S) groups is 1. The van der Waals surface area contributed by atoms with E-state index in [1.54, 1.807) is 30.7 Å². The van der Waals surface area contributed by atoms with E-state index in [0.29, 0.717) is 33.3 Å². The molecule has 0 spiro atoms. The van der Waals surface area contributed by atoms with Crippen LogP contribution in [0, 0.1) is 13.8 Å². The molecule has 4 aromatic rings. The third-order valence-corrected chi connectivity index (χ3v) is 5.14. The summed E-state index contributed by atoms with van der Waals surface area (Å²) < 4.78 is 7.15. The summed E-state index contributed by atoms with van der Waals surface area (Å²) >= 11 is 5.42. The highest BCUT2D eigenvalue weighted by molar-refractivity contribution is 7.80. The van der Waals surface area contributed by atoms with Crippen LogP contribution in [-0.4, -0.2) is 21.8 Å². The van der Waals surface area contributed by atoms with E-state index >= 15 is 0 Å². The van der Waals surface area contributed by atoms with Crippen LogP contribution in [0.25, 0.3) is 16.6 Å². The lowest BCUT2D eigenvalue weighted by Gasteiger charge is -2.16. The fourth-order valence-electron chi connectivity index (χ4n) is 3.40. The van der Waals surface area contributed by atoms with Crippen molar-refractivity contribution in [3.8, 4) is 11.4 Å². The van der Waals surface area contributed by atoms with Crippen LogP contribution in [0.4, 0.5) is 11.4 Å². The largest absolute Gasteiger partial charge is 0.494 e. The molecule has 0 unspecified atom stereocenters. The van der Waals surface area contributed by atoms with Crippen molar-refractivity contribution in [2.75, 3.05) is 17.7 Å². The summed E-state index contributed by atoms with van der Waals surface area (Å²) in [4.78, 5) is 17.7. The zero-order valence-electron chi connectivity index (χ0n) is 17.5. The molecule has 0 amide bonds. The maximum atomic E-state index is 13.1. The number of rotatable bonds is 4. The Morgan fingerprint density at radius 1 is 0.968 bits per heavy atom. The van der Waals surface area contributed by atoms with Crippen molar-refractivity contribution >= 4 is 39.6 Å². The third kappa shape index (κ3) is 4.27. The number of aromatic nitrogens is 2. The van der Waals surface area contributed by atoms with Gasteiger partial charge in [-0.3, -0.25) is 9.36 Å². The predicted octanol–water partition coefficient (Wildman–Crippen LogP) is 4.82. The van der Waals surface area contributed by atoms with Gasteiger partial charge in [-0.05, 0) is 62.5 Å². The second kappa shape index (κ2) is 8.57. The summed E-state index contributed by atoms with van der Waals surface area (Å²) in [5, 5.41) is 7.32. The van der Waals surface area contributed by atoms with Crippen molar-refractivity contribution in [1.82, 2.24) is 9.55 Å². The molecule has 0 aliphatic carbocycles. The van der Waals surface area contributed by atoms with Gasteiger partial charge in [0.25, 0.3) is 5.56 Å². The predicted molar refractivity (Wildman–Crippen MR) is 130 cm³/mol. The molecule has 2 N–H and O–H groups in total. The van der Waals surface area contributed by atoms with Gasteiger partial charge >= 0.3 is 0 Å². The van der Waals surface area contributed by atoms with Crippen molar-refractivity contribution < 1.29 is 4.74 Å². The number of anilines is 2. The first-order valence-electron chi connectivity index (χ1n) is 9.78. The average Bonchev–Trinajstić information content (AvgIpc) is 2.76. The van der Waals surface area contributed by atoms with Crippen molar-refractivity contribution in [3.63, 3.8) is 0 Å². The molecule has 0 aliphatic rings. The standard InChI is InChI=1S/C24H22N4O2S/c1-15-8-10-17(11-9-15)26-24(31)27-18-12-13-21(22(14-18)30-3)28-16(2)25-20-7-5-4-6-19(20)23(28)29/h4-14H,1-3H3,(H2,26,27,31). The molecule has 4 rings (SSSR count). The van der Waals surface area contributed by atoms with Gasteiger partial charge in [0.1, 0.15) is 11.6 Å². The normalized spacial score (nSPS) is 10.7. The highest BCUT2D eigenvalue weighted by atomic mass is 32.1. The zero-order chi connectivity index (χ0) is 22.0. The smallest absolute Gasteiger partial charge is 0.266 e. The molecule has 0 saturated heterocycles. The first-order chi connectivity index (χ1) is 15.0. The minimum Gasteiger partial charge on any atom is -0.494 e. The van der Waals surface area contributed by atoms with Gasteiger partial charge in [0.05, 0.1) is 23.7 Å². The third-order valence-electron chi connectivity index (χ3n) is 4.93. The Balaban J connectivity index is 1.65. The number of nitrogens with one attached hydrogen (secondary N) is 2. The summed E-state index contributed by atoms with van der Waals surface area (Å²) in [7, 11) is 1.57. The molecule has 0 radical (unpaired) electrons. The maximum absolute atomic E-state index is 13.1. The fraction of sp³-hybridized carbons (Fsp3) is 0.125. The molecule has 0 bridgehead atoms. The number of hydrogen-bond donors (Lipinski definition) is 2. The Bertz CT molecular complexity index is 1330. The van der Waals surface area contributed by atoms with Gasteiger partial charge in [-0.1, -0.05) is 29.8 Å². The second-order valence-electron chi connectivity index (χ2n) is 7.15. The second-order valence-corrected chi connectivity index (χ2v) is 7.56. The van der Waals surface area contributed by atoms with E-state index < -0.39 is 0 Å². The molecule has 3 aromatic carbocycles. The summed E-state index contributed by atoms with van der Waals surface area (Å²) in [6, 6.07) is 20.7. The minimum atomic E-state index is -0.140. The van der Waals surface area contributed by atoms with E-state index in [2.05, 4.69) is 15.6 Å². The molecule has 31 heavy (non-hydrogen) atoms. The number of fused-ring (bicyclic) bond motifs is 1. The number of ether oxygens (including phenoxy) is 1. The zero-order valence-corrected chi connectivity index (χ0v) is 18.3. The van der Waals surface area contributed by atoms with E-state index in [1.807, 2.05) is 61.5 Å². The van der Waals surface area contributed by atoms with Gasteiger partial charge in [-0.2, -0.15) is 0 Å². The average molecular weight is 431 g/mol. The monoisotopic (exact) mass is 430 g/mol. The highest BCUT2D eigenvalue weighted by Crippen LogP contribution is 2.27. The lowest BCUT2D eigenvalue weighted by Crippen LogP contribution is -2.23. The SMILES string of the molecule is COc1cc(NC(=S)Nc2ccc(C)cc2)ccc1-n1c(C)nc2ccccc2c1=O. The molecule has 0 aliphatic heterocycles. The first kappa shape index (κ1) is 20.6. The number of nitrogens with zero attached hydrogens (tertiary/aromatic N) is 2. The van der Waals surface area contributed by atoms with Crippen LogP contribution in [0.2, 0.25) is 0 Å². The molecular formula is C24H22N4O2S. The number of hydrogen-bond acceptors (Lipinski definition) is 4. The molecule has 0 fully saturated rings. The summed E-state index contributed by atoms with van der Waals surface area (Å²) in [6.45, 7) is 3.84. The quantitative estimate of drug-likeness (QED) is 0.453. The summed E-state index contributed by atoms with van der Waals surface area (Å²) in [5.74, 6) is 1.12. The number of para-hydroxylation sites is 1. The van der Waals surface area contributed by atoms with E-state index in [-0.39, 0.29) is 5.56 Å². The van der Waals surface area contributed by atoms with Crippen LogP contribution < -0.4 is 20.9 Å². The fourth-order valence-corrected chi connectivity index (χ4v) is 3.63. The molecular weight excluding hydrogens is 408 g/mol. The van der Waals surface area contributed by atoms with E-state index in [9.17, 15) is 4.79 Å². The van der Waals surface area contributed by atoms with Crippen molar-refractivity contribution in [3.05, 3.63) is 88.5 Å². The highest BCUT2D eigenvalue weighted by Gasteiger charge is 2.14. The maximum Gasteiger partial charge on any atom is 0.266 e. The molecule has 1 aromatic heterocycles. The Hall–Kier alpha value is -3.71. The Kier molecular flexibility index (Phi) is 5.68. The molecule has 0 atom stereocenters. The Labute approximate surface area is 185 Å². The molecule has 6 nitrogen and oxygen atoms in total. The van der Waals surface area contributed by atoms with Crippen LogP contribution in [0.5, 0.6) is 5.75 Å². The minimum absolute atomic E-state index is 0.140. The Morgan fingerprint density at radius 2 is 1.65 bits per heavy atom. The number of benzene rings is 3. The van der Waals surface area contributed by atoms with Gasteiger partial charge in [-0.15, -0.1) is 0 Å². The molecule has 0 saturated carbocycles.